The van der Waals surface area contributed by atoms with Crippen molar-refractivity contribution in [3.8, 4) is 5.75 Å². The van der Waals surface area contributed by atoms with Crippen molar-refractivity contribution in [3.63, 3.8) is 0 Å². The SMILES string of the molecule is O=[N+]([O-])c1ccc(OCc2ncon2)c(CNC2CC2)c1. The Morgan fingerprint density at radius 2 is 2.33 bits per heavy atom. The number of hydrogen-bond acceptors (Lipinski definition) is 7. The number of hydrogen-bond donors (Lipinski definition) is 1. The van der Waals surface area contributed by atoms with Crippen molar-refractivity contribution in [2.24, 2.45) is 0 Å². The molecule has 0 radical (unpaired) electrons. The highest BCUT2D eigenvalue weighted by Gasteiger charge is 2.21. The van der Waals surface area contributed by atoms with Crippen molar-refractivity contribution in [1.82, 2.24) is 15.5 Å². The van der Waals surface area contributed by atoms with Crippen LogP contribution in [0.5, 0.6) is 5.75 Å². The second kappa shape index (κ2) is 5.88. The van der Waals surface area contributed by atoms with E-state index in [9.17, 15) is 10.1 Å². The molecule has 8 heteroatoms. The van der Waals surface area contributed by atoms with E-state index in [2.05, 4.69) is 20.0 Å². The van der Waals surface area contributed by atoms with Gasteiger partial charge in [-0.1, -0.05) is 5.16 Å². The van der Waals surface area contributed by atoms with Crippen LogP contribution in [0, 0.1) is 10.1 Å². The number of benzene rings is 1. The van der Waals surface area contributed by atoms with Gasteiger partial charge < -0.3 is 14.6 Å². The van der Waals surface area contributed by atoms with Gasteiger partial charge in [0.25, 0.3) is 5.69 Å². The van der Waals surface area contributed by atoms with Crippen LogP contribution in [-0.4, -0.2) is 21.1 Å². The minimum Gasteiger partial charge on any atom is -0.485 e. The summed E-state index contributed by atoms with van der Waals surface area (Å²) in [6.07, 6.45) is 3.52. The van der Waals surface area contributed by atoms with Gasteiger partial charge in [-0.2, -0.15) is 4.98 Å². The lowest BCUT2D eigenvalue weighted by atomic mass is 10.1. The minimum atomic E-state index is -0.413. The molecular formula is C13H14N4O4. The summed E-state index contributed by atoms with van der Waals surface area (Å²) in [5.41, 5.74) is 0.800. The van der Waals surface area contributed by atoms with Gasteiger partial charge in [0.05, 0.1) is 4.92 Å². The summed E-state index contributed by atoms with van der Waals surface area (Å²) < 4.78 is 10.2. The largest absolute Gasteiger partial charge is 0.485 e. The van der Waals surface area contributed by atoms with Crippen LogP contribution in [0.1, 0.15) is 24.2 Å². The highest BCUT2D eigenvalue weighted by molar-refractivity contribution is 5.43. The van der Waals surface area contributed by atoms with Gasteiger partial charge in [0.2, 0.25) is 12.2 Å². The molecule has 0 spiro atoms. The normalized spacial score (nSPS) is 14.1. The van der Waals surface area contributed by atoms with Crippen molar-refractivity contribution in [2.75, 3.05) is 0 Å². The van der Waals surface area contributed by atoms with E-state index >= 15 is 0 Å². The summed E-state index contributed by atoms with van der Waals surface area (Å²) in [4.78, 5) is 14.3. The van der Waals surface area contributed by atoms with Gasteiger partial charge in [0.15, 0.2) is 6.61 Å². The van der Waals surface area contributed by atoms with Gasteiger partial charge in [-0.05, 0) is 18.9 Å². The highest BCUT2D eigenvalue weighted by atomic mass is 16.6. The Bertz CT molecular complexity index is 625. The zero-order valence-corrected chi connectivity index (χ0v) is 11.2. The Kier molecular flexibility index (Phi) is 3.78. The fourth-order valence-electron chi connectivity index (χ4n) is 1.90. The lowest BCUT2D eigenvalue weighted by molar-refractivity contribution is -0.384. The third-order valence-corrected chi connectivity index (χ3v) is 3.18. The van der Waals surface area contributed by atoms with Crippen LogP contribution in [0.3, 0.4) is 0 Å². The Labute approximate surface area is 120 Å². The van der Waals surface area contributed by atoms with E-state index in [1.54, 1.807) is 6.07 Å². The molecule has 110 valence electrons. The fraction of sp³-hybridized carbons (Fsp3) is 0.385. The zero-order chi connectivity index (χ0) is 14.7. The zero-order valence-electron chi connectivity index (χ0n) is 11.2. The molecule has 1 aliphatic rings. The van der Waals surface area contributed by atoms with Crippen molar-refractivity contribution in [1.29, 1.82) is 0 Å². The maximum Gasteiger partial charge on any atom is 0.270 e. The third-order valence-electron chi connectivity index (χ3n) is 3.18. The number of ether oxygens (including phenoxy) is 1. The summed E-state index contributed by atoms with van der Waals surface area (Å²) in [5.74, 6) is 1.01. The molecule has 0 unspecified atom stereocenters. The number of non-ortho nitro benzene ring substituents is 1. The average Bonchev–Trinajstić information content (AvgIpc) is 3.17. The van der Waals surface area contributed by atoms with Crippen molar-refractivity contribution in [3.05, 3.63) is 46.1 Å². The number of aromatic nitrogens is 2. The van der Waals surface area contributed by atoms with E-state index in [0.29, 0.717) is 24.2 Å². The maximum atomic E-state index is 10.9. The molecule has 1 aliphatic carbocycles. The molecule has 8 nitrogen and oxygen atoms in total. The van der Waals surface area contributed by atoms with Gasteiger partial charge in [-0.15, -0.1) is 0 Å². The number of nitro groups is 1. The smallest absolute Gasteiger partial charge is 0.270 e. The minimum absolute atomic E-state index is 0.0505. The topological polar surface area (TPSA) is 103 Å². The monoisotopic (exact) mass is 290 g/mol. The van der Waals surface area contributed by atoms with E-state index in [1.807, 2.05) is 0 Å². The van der Waals surface area contributed by atoms with Gasteiger partial charge in [-0.3, -0.25) is 10.1 Å². The van der Waals surface area contributed by atoms with Gasteiger partial charge >= 0.3 is 0 Å². The summed E-state index contributed by atoms with van der Waals surface area (Å²) in [6, 6.07) is 5.06. The van der Waals surface area contributed by atoms with Crippen molar-refractivity contribution in [2.45, 2.75) is 32.0 Å². The van der Waals surface area contributed by atoms with E-state index in [0.717, 1.165) is 18.4 Å². The Morgan fingerprint density at radius 1 is 1.48 bits per heavy atom. The van der Waals surface area contributed by atoms with Crippen molar-refractivity contribution < 1.29 is 14.2 Å². The van der Waals surface area contributed by atoms with Crippen LogP contribution in [-0.2, 0) is 13.2 Å². The van der Waals surface area contributed by atoms with E-state index in [1.165, 1.54) is 18.5 Å². The molecule has 0 bridgehead atoms. The number of rotatable bonds is 7. The lowest BCUT2D eigenvalue weighted by Crippen LogP contribution is -2.16. The highest BCUT2D eigenvalue weighted by Crippen LogP contribution is 2.26. The fourth-order valence-corrected chi connectivity index (χ4v) is 1.90. The predicted octanol–water partition coefficient (Wildman–Crippen LogP) is 1.81. The summed E-state index contributed by atoms with van der Waals surface area (Å²) in [6.45, 7) is 0.693. The van der Waals surface area contributed by atoms with Crippen LogP contribution in [0.15, 0.2) is 29.1 Å². The molecule has 21 heavy (non-hydrogen) atoms. The van der Waals surface area contributed by atoms with Crippen LogP contribution >= 0.6 is 0 Å². The average molecular weight is 290 g/mol. The Morgan fingerprint density at radius 3 is 3.00 bits per heavy atom. The summed E-state index contributed by atoms with van der Waals surface area (Å²) in [7, 11) is 0. The molecule has 0 saturated heterocycles. The van der Waals surface area contributed by atoms with E-state index in [4.69, 9.17) is 4.74 Å². The van der Waals surface area contributed by atoms with Crippen molar-refractivity contribution >= 4 is 5.69 Å². The molecule has 1 heterocycles. The number of nitrogens with one attached hydrogen (secondary N) is 1. The molecule has 1 N–H and O–H groups in total. The van der Waals surface area contributed by atoms with Gasteiger partial charge in [-0.25, -0.2) is 0 Å². The first-order chi connectivity index (χ1) is 10.2. The molecule has 0 aliphatic heterocycles. The van der Waals surface area contributed by atoms with Crippen LogP contribution in [0.25, 0.3) is 0 Å². The molecule has 1 aromatic carbocycles. The first-order valence-corrected chi connectivity index (χ1v) is 6.61. The maximum absolute atomic E-state index is 10.9. The van der Waals surface area contributed by atoms with Crippen LogP contribution in [0.2, 0.25) is 0 Å². The second-order valence-corrected chi connectivity index (χ2v) is 4.84. The number of nitro benzene ring substituents is 1. The van der Waals surface area contributed by atoms with Crippen LogP contribution in [0.4, 0.5) is 5.69 Å². The summed E-state index contributed by atoms with van der Waals surface area (Å²) in [5, 5.41) is 17.8. The molecule has 1 saturated carbocycles. The first kappa shape index (κ1) is 13.5. The summed E-state index contributed by atoms with van der Waals surface area (Å²) >= 11 is 0. The molecule has 2 aromatic rings. The predicted molar refractivity (Wildman–Crippen MR) is 71.6 cm³/mol. The van der Waals surface area contributed by atoms with Gasteiger partial charge in [0, 0.05) is 30.3 Å². The molecular weight excluding hydrogens is 276 g/mol. The standard InChI is InChI=1S/C13H14N4O4/c18-17(19)11-3-4-12(20-7-13-15-8-21-16-13)9(5-11)6-14-10-1-2-10/h3-5,8,10,14H,1-2,6-7H2. The number of nitrogens with zero attached hydrogens (tertiary/aromatic N) is 3. The van der Waals surface area contributed by atoms with E-state index < -0.39 is 4.92 Å². The second-order valence-electron chi connectivity index (χ2n) is 4.84. The Balaban J connectivity index is 1.73. The Hall–Kier alpha value is -2.48. The molecule has 0 atom stereocenters. The van der Waals surface area contributed by atoms with E-state index in [-0.39, 0.29) is 12.3 Å². The molecule has 0 amide bonds. The lowest BCUT2D eigenvalue weighted by Gasteiger charge is -2.10. The molecule has 3 rings (SSSR count). The molecule has 1 fully saturated rings. The van der Waals surface area contributed by atoms with Gasteiger partial charge in [0.1, 0.15) is 5.75 Å². The first-order valence-electron chi connectivity index (χ1n) is 6.61. The van der Waals surface area contributed by atoms with Crippen LogP contribution < -0.4 is 10.1 Å². The quantitative estimate of drug-likeness (QED) is 0.612. The third kappa shape index (κ3) is 3.54. The molecule has 1 aromatic heterocycles.